The van der Waals surface area contributed by atoms with Gasteiger partial charge in [0.1, 0.15) is 5.82 Å². The molecule has 4 nitrogen and oxygen atoms in total. The van der Waals surface area contributed by atoms with E-state index < -0.39 is 5.82 Å². The highest BCUT2D eigenvalue weighted by atomic mass is 35.5. The average Bonchev–Trinajstić information content (AvgIpc) is 2.58. The van der Waals surface area contributed by atoms with Crippen LogP contribution in [-0.4, -0.2) is 42.2 Å². The Kier molecular flexibility index (Phi) is 7.11. The van der Waals surface area contributed by atoms with Crippen molar-refractivity contribution in [2.24, 2.45) is 0 Å². The smallest absolute Gasteiger partial charge is 0.174 e. The van der Waals surface area contributed by atoms with Crippen molar-refractivity contribution < 1.29 is 9.29 Å². The number of pyridine rings is 1. The van der Waals surface area contributed by atoms with Crippen molar-refractivity contribution in [2.45, 2.75) is 13.0 Å². The molecule has 0 bridgehead atoms. The lowest BCUT2D eigenvalue weighted by Gasteiger charge is -2.32. The van der Waals surface area contributed by atoms with E-state index in [9.17, 15) is 4.39 Å². The van der Waals surface area contributed by atoms with E-state index in [1.807, 2.05) is 12.1 Å². The zero-order valence-corrected chi connectivity index (χ0v) is 16.2. The second-order valence-corrected chi connectivity index (χ2v) is 6.96. The highest BCUT2D eigenvalue weighted by molar-refractivity contribution is 7.80. The van der Waals surface area contributed by atoms with E-state index in [-0.39, 0.29) is 11.1 Å². The molecule has 0 saturated heterocycles. The van der Waals surface area contributed by atoms with E-state index in [0.717, 1.165) is 18.7 Å². The SMILES string of the molecule is CC(c1ccncc1)N(CC[NH+](C)C)C(=S)Nc1ccc(F)c(Cl)c1. The average molecular weight is 382 g/mol. The maximum absolute atomic E-state index is 13.3. The molecule has 2 N–H and O–H groups in total. The molecule has 1 atom stereocenters. The third-order valence-electron chi connectivity index (χ3n) is 3.94. The van der Waals surface area contributed by atoms with E-state index in [0.29, 0.717) is 10.8 Å². The summed E-state index contributed by atoms with van der Waals surface area (Å²) < 4.78 is 13.3. The number of aromatic nitrogens is 1. The number of anilines is 1. The minimum atomic E-state index is -0.448. The number of nitrogens with zero attached hydrogens (tertiary/aromatic N) is 2. The van der Waals surface area contributed by atoms with Crippen LogP contribution in [0.3, 0.4) is 0 Å². The van der Waals surface area contributed by atoms with E-state index in [2.05, 4.69) is 36.2 Å². The van der Waals surface area contributed by atoms with Crippen LogP contribution in [0.15, 0.2) is 42.7 Å². The predicted octanol–water partition coefficient (Wildman–Crippen LogP) is 2.78. The van der Waals surface area contributed by atoms with E-state index in [1.165, 1.54) is 17.0 Å². The summed E-state index contributed by atoms with van der Waals surface area (Å²) in [6, 6.07) is 8.54. The molecule has 134 valence electrons. The fourth-order valence-corrected chi connectivity index (χ4v) is 2.95. The van der Waals surface area contributed by atoms with Gasteiger partial charge in [0.25, 0.3) is 0 Å². The van der Waals surface area contributed by atoms with Crippen molar-refractivity contribution in [3.8, 4) is 0 Å². The maximum Gasteiger partial charge on any atom is 0.174 e. The van der Waals surface area contributed by atoms with Crippen LogP contribution in [0.2, 0.25) is 5.02 Å². The summed E-state index contributed by atoms with van der Waals surface area (Å²) in [5.74, 6) is -0.448. The molecule has 1 aromatic carbocycles. The zero-order valence-electron chi connectivity index (χ0n) is 14.6. The van der Waals surface area contributed by atoms with Gasteiger partial charge in [0, 0.05) is 18.1 Å². The molecule has 1 unspecified atom stereocenters. The second kappa shape index (κ2) is 9.08. The number of thiocarbonyl (C=S) groups is 1. The van der Waals surface area contributed by atoms with Crippen molar-refractivity contribution in [2.75, 3.05) is 32.5 Å². The quantitative estimate of drug-likeness (QED) is 0.754. The van der Waals surface area contributed by atoms with Crippen molar-refractivity contribution in [3.63, 3.8) is 0 Å². The van der Waals surface area contributed by atoms with Crippen LogP contribution in [-0.2, 0) is 0 Å². The highest BCUT2D eigenvalue weighted by Gasteiger charge is 2.20. The molecular weight excluding hydrogens is 359 g/mol. The topological polar surface area (TPSA) is 32.6 Å². The molecule has 2 aromatic rings. The molecule has 2 rings (SSSR count). The number of quaternary nitrogens is 1. The van der Waals surface area contributed by atoms with Crippen LogP contribution in [0, 0.1) is 5.82 Å². The number of likely N-dealkylation sites (N-methyl/N-ethyl adjacent to an activating group) is 1. The van der Waals surface area contributed by atoms with Crippen molar-refractivity contribution in [1.82, 2.24) is 9.88 Å². The van der Waals surface area contributed by atoms with Gasteiger partial charge in [-0.25, -0.2) is 4.39 Å². The fourth-order valence-electron chi connectivity index (χ4n) is 2.41. The van der Waals surface area contributed by atoms with Gasteiger partial charge in [0.2, 0.25) is 0 Å². The standard InChI is InChI=1S/C18H22ClFN4S/c1-13(14-6-8-21-9-7-14)24(11-10-23(2)3)18(25)22-15-4-5-17(20)16(19)12-15/h4-9,12-13H,10-11H2,1-3H3,(H,22,25)/p+1. The normalized spacial score (nSPS) is 12.1. The molecule has 0 amide bonds. The molecule has 0 aliphatic rings. The summed E-state index contributed by atoms with van der Waals surface area (Å²) in [5.41, 5.74) is 1.80. The molecule has 1 heterocycles. The lowest BCUT2D eigenvalue weighted by Crippen LogP contribution is -3.06. The summed E-state index contributed by atoms with van der Waals surface area (Å²) in [6.45, 7) is 3.82. The lowest BCUT2D eigenvalue weighted by atomic mass is 10.1. The molecule has 1 aromatic heterocycles. The summed E-state index contributed by atoms with van der Waals surface area (Å²) >= 11 is 11.5. The largest absolute Gasteiger partial charge is 0.338 e. The number of rotatable bonds is 6. The Morgan fingerprint density at radius 3 is 2.60 bits per heavy atom. The summed E-state index contributed by atoms with van der Waals surface area (Å²) in [6.07, 6.45) is 3.55. The van der Waals surface area contributed by atoms with Gasteiger partial charge in [-0.2, -0.15) is 0 Å². The van der Waals surface area contributed by atoms with Gasteiger partial charge < -0.3 is 15.1 Å². The number of halogens is 2. The minimum absolute atomic E-state index is 0.0688. The second-order valence-electron chi connectivity index (χ2n) is 6.17. The first-order chi connectivity index (χ1) is 11.9. The van der Waals surface area contributed by atoms with Crippen LogP contribution in [0.5, 0.6) is 0 Å². The van der Waals surface area contributed by atoms with Gasteiger partial charge in [0.05, 0.1) is 38.2 Å². The van der Waals surface area contributed by atoms with Gasteiger partial charge in [-0.05, 0) is 55.0 Å². The Morgan fingerprint density at radius 1 is 1.32 bits per heavy atom. The minimum Gasteiger partial charge on any atom is -0.338 e. The lowest BCUT2D eigenvalue weighted by molar-refractivity contribution is -0.857. The number of hydrogen-bond donors (Lipinski definition) is 2. The molecule has 0 fully saturated rings. The molecule has 0 radical (unpaired) electrons. The van der Waals surface area contributed by atoms with Crippen LogP contribution < -0.4 is 10.2 Å². The number of benzene rings is 1. The van der Waals surface area contributed by atoms with Crippen LogP contribution in [0.1, 0.15) is 18.5 Å². The first-order valence-corrected chi connectivity index (χ1v) is 8.88. The Bertz CT molecular complexity index is 711. The molecule has 0 spiro atoms. The van der Waals surface area contributed by atoms with Crippen LogP contribution >= 0.6 is 23.8 Å². The number of hydrogen-bond acceptors (Lipinski definition) is 2. The van der Waals surface area contributed by atoms with Crippen LogP contribution in [0.4, 0.5) is 10.1 Å². The molecular formula is C18H23ClFN4S+. The van der Waals surface area contributed by atoms with Crippen molar-refractivity contribution in [3.05, 3.63) is 59.1 Å². The molecule has 7 heteroatoms. The van der Waals surface area contributed by atoms with Crippen molar-refractivity contribution in [1.29, 1.82) is 0 Å². The van der Waals surface area contributed by atoms with Gasteiger partial charge in [-0.15, -0.1) is 0 Å². The summed E-state index contributed by atoms with van der Waals surface area (Å²) in [4.78, 5) is 7.52. The number of nitrogens with one attached hydrogen (secondary N) is 2. The molecule has 0 saturated carbocycles. The van der Waals surface area contributed by atoms with Crippen LogP contribution in [0.25, 0.3) is 0 Å². The van der Waals surface area contributed by atoms with Gasteiger partial charge >= 0.3 is 0 Å². The van der Waals surface area contributed by atoms with E-state index in [1.54, 1.807) is 18.5 Å². The first kappa shape index (κ1) is 19.6. The predicted molar refractivity (Wildman–Crippen MR) is 105 cm³/mol. The third-order valence-corrected chi connectivity index (χ3v) is 4.57. The Hall–Kier alpha value is -1.76. The summed E-state index contributed by atoms with van der Waals surface area (Å²) in [7, 11) is 4.21. The monoisotopic (exact) mass is 381 g/mol. The third kappa shape index (κ3) is 5.63. The van der Waals surface area contributed by atoms with Gasteiger partial charge in [-0.1, -0.05) is 11.6 Å². The Labute approximate surface area is 158 Å². The Morgan fingerprint density at radius 2 is 2.00 bits per heavy atom. The molecule has 25 heavy (non-hydrogen) atoms. The Balaban J connectivity index is 2.18. The molecule has 0 aliphatic heterocycles. The first-order valence-electron chi connectivity index (χ1n) is 8.10. The zero-order chi connectivity index (χ0) is 18.4. The fraction of sp³-hybridized carbons (Fsp3) is 0.333. The summed E-state index contributed by atoms with van der Waals surface area (Å²) in [5, 5.41) is 3.81. The van der Waals surface area contributed by atoms with E-state index in [4.69, 9.17) is 23.8 Å². The maximum atomic E-state index is 13.3. The highest BCUT2D eigenvalue weighted by Crippen LogP contribution is 2.23. The molecule has 0 aliphatic carbocycles. The van der Waals surface area contributed by atoms with E-state index >= 15 is 0 Å². The van der Waals surface area contributed by atoms with Gasteiger partial charge in [0.15, 0.2) is 5.11 Å². The van der Waals surface area contributed by atoms with Crippen molar-refractivity contribution >= 4 is 34.6 Å². The van der Waals surface area contributed by atoms with Gasteiger partial charge in [-0.3, -0.25) is 4.98 Å².